The van der Waals surface area contributed by atoms with Crippen LogP contribution in [0, 0.1) is 11.6 Å². The summed E-state index contributed by atoms with van der Waals surface area (Å²) < 4.78 is 31.7. The third kappa shape index (κ3) is 4.41. The van der Waals surface area contributed by atoms with Gasteiger partial charge in [0.2, 0.25) is 0 Å². The standard InChI is InChI=1S/C24H22F2N2O3/c1-31-24(30)22-12-17(14-28(22)13-15-9-10-20(25)21(26)11-15)27-23(29)19-8-4-6-16-5-2-3-7-18(16)19/h2-11,17,22H,12-14H2,1H3,(H,27,29)/t17-,22-/m0/s1. The van der Waals surface area contributed by atoms with Gasteiger partial charge in [0.1, 0.15) is 6.04 Å². The van der Waals surface area contributed by atoms with Crippen LogP contribution in [0.4, 0.5) is 8.78 Å². The van der Waals surface area contributed by atoms with E-state index >= 15 is 0 Å². The second-order valence-electron chi connectivity index (χ2n) is 7.65. The number of fused-ring (bicyclic) bond motifs is 1. The van der Waals surface area contributed by atoms with Crippen molar-refractivity contribution in [2.75, 3.05) is 13.7 Å². The molecule has 160 valence electrons. The van der Waals surface area contributed by atoms with Gasteiger partial charge in [0, 0.05) is 24.7 Å². The third-order valence-electron chi connectivity index (χ3n) is 5.62. The number of rotatable bonds is 5. The highest BCUT2D eigenvalue weighted by molar-refractivity contribution is 6.07. The minimum Gasteiger partial charge on any atom is -0.468 e. The highest BCUT2D eigenvalue weighted by Crippen LogP contribution is 2.24. The molecule has 1 amide bonds. The van der Waals surface area contributed by atoms with Crippen LogP contribution in [0.5, 0.6) is 0 Å². The van der Waals surface area contributed by atoms with E-state index in [1.807, 2.05) is 41.3 Å². The van der Waals surface area contributed by atoms with Gasteiger partial charge in [0.05, 0.1) is 7.11 Å². The Balaban J connectivity index is 1.51. The van der Waals surface area contributed by atoms with Gasteiger partial charge < -0.3 is 10.1 Å². The lowest BCUT2D eigenvalue weighted by atomic mass is 10.0. The maximum absolute atomic E-state index is 13.6. The molecule has 3 aromatic rings. The Kier molecular flexibility index (Phi) is 5.95. The molecular weight excluding hydrogens is 402 g/mol. The van der Waals surface area contributed by atoms with Crippen molar-refractivity contribution in [3.05, 3.63) is 83.4 Å². The SMILES string of the molecule is COC(=O)[C@@H]1C[C@H](NC(=O)c2cccc3ccccc23)CN1Cc1ccc(F)c(F)c1. The molecule has 4 rings (SSSR count). The van der Waals surface area contributed by atoms with E-state index in [1.54, 1.807) is 6.07 Å². The summed E-state index contributed by atoms with van der Waals surface area (Å²) in [5.74, 6) is -2.51. The molecule has 7 heteroatoms. The van der Waals surface area contributed by atoms with Crippen LogP contribution in [0.2, 0.25) is 0 Å². The van der Waals surface area contributed by atoms with E-state index in [-0.39, 0.29) is 18.5 Å². The van der Waals surface area contributed by atoms with E-state index < -0.39 is 23.6 Å². The number of esters is 1. The van der Waals surface area contributed by atoms with Crippen LogP contribution in [-0.4, -0.2) is 42.5 Å². The zero-order valence-corrected chi connectivity index (χ0v) is 17.0. The second kappa shape index (κ2) is 8.81. The fraction of sp³-hybridized carbons (Fsp3) is 0.250. The van der Waals surface area contributed by atoms with Gasteiger partial charge in [0.15, 0.2) is 11.6 Å². The Bertz CT molecular complexity index is 1130. The molecule has 0 spiro atoms. The van der Waals surface area contributed by atoms with Crippen LogP contribution in [0.1, 0.15) is 22.3 Å². The van der Waals surface area contributed by atoms with Gasteiger partial charge in [-0.25, -0.2) is 8.78 Å². The first-order valence-electron chi connectivity index (χ1n) is 10.0. The number of nitrogens with zero attached hydrogens (tertiary/aromatic N) is 1. The molecule has 1 N–H and O–H groups in total. The smallest absolute Gasteiger partial charge is 0.323 e. The third-order valence-corrected chi connectivity index (χ3v) is 5.62. The monoisotopic (exact) mass is 424 g/mol. The van der Waals surface area contributed by atoms with Crippen molar-refractivity contribution in [1.82, 2.24) is 10.2 Å². The van der Waals surface area contributed by atoms with Crippen molar-refractivity contribution in [3.8, 4) is 0 Å². The van der Waals surface area contributed by atoms with Crippen LogP contribution in [0.3, 0.4) is 0 Å². The molecule has 0 saturated carbocycles. The molecule has 31 heavy (non-hydrogen) atoms. The van der Waals surface area contributed by atoms with Gasteiger partial charge in [-0.15, -0.1) is 0 Å². The molecule has 0 radical (unpaired) electrons. The van der Waals surface area contributed by atoms with Crippen molar-refractivity contribution in [3.63, 3.8) is 0 Å². The van der Waals surface area contributed by atoms with Crippen LogP contribution in [-0.2, 0) is 16.1 Å². The fourth-order valence-electron chi connectivity index (χ4n) is 4.12. The first-order chi connectivity index (χ1) is 15.0. The highest BCUT2D eigenvalue weighted by atomic mass is 19.2. The molecule has 3 aromatic carbocycles. The maximum atomic E-state index is 13.6. The largest absolute Gasteiger partial charge is 0.468 e. The van der Waals surface area contributed by atoms with Gasteiger partial charge >= 0.3 is 5.97 Å². The lowest BCUT2D eigenvalue weighted by Gasteiger charge is -2.22. The van der Waals surface area contributed by atoms with Crippen molar-refractivity contribution < 1.29 is 23.1 Å². The Hall–Kier alpha value is -3.32. The van der Waals surface area contributed by atoms with Gasteiger partial charge in [-0.2, -0.15) is 0 Å². The van der Waals surface area contributed by atoms with E-state index in [0.717, 1.165) is 22.9 Å². The number of methoxy groups -OCH3 is 1. The van der Waals surface area contributed by atoms with Gasteiger partial charge in [0.25, 0.3) is 5.91 Å². The molecule has 1 aliphatic rings. The van der Waals surface area contributed by atoms with E-state index in [1.165, 1.54) is 13.2 Å². The van der Waals surface area contributed by atoms with Gasteiger partial charge in [-0.3, -0.25) is 14.5 Å². The van der Waals surface area contributed by atoms with E-state index in [9.17, 15) is 18.4 Å². The zero-order chi connectivity index (χ0) is 22.0. The molecule has 5 nitrogen and oxygen atoms in total. The fourth-order valence-corrected chi connectivity index (χ4v) is 4.12. The molecule has 0 aliphatic carbocycles. The predicted molar refractivity (Wildman–Crippen MR) is 112 cm³/mol. The summed E-state index contributed by atoms with van der Waals surface area (Å²) >= 11 is 0. The molecule has 0 bridgehead atoms. The number of hydrogen-bond acceptors (Lipinski definition) is 4. The number of nitrogens with one attached hydrogen (secondary N) is 1. The summed E-state index contributed by atoms with van der Waals surface area (Å²) in [7, 11) is 1.31. The molecule has 1 heterocycles. The van der Waals surface area contributed by atoms with Crippen LogP contribution >= 0.6 is 0 Å². The number of amides is 1. The minimum absolute atomic E-state index is 0.222. The first kappa shape index (κ1) is 20.9. The van der Waals surface area contributed by atoms with Gasteiger partial charge in [-0.1, -0.05) is 42.5 Å². The summed E-state index contributed by atoms with van der Waals surface area (Å²) in [5.41, 5.74) is 1.10. The normalized spacial score (nSPS) is 18.8. The Morgan fingerprint density at radius 1 is 1.06 bits per heavy atom. The van der Waals surface area contributed by atoms with E-state index in [4.69, 9.17) is 4.74 Å². The number of benzene rings is 3. The molecule has 1 fully saturated rings. The molecular formula is C24H22F2N2O3. The predicted octanol–water partition coefficient (Wildman–Crippen LogP) is 3.66. The number of ether oxygens (including phenoxy) is 1. The van der Waals surface area contributed by atoms with Gasteiger partial charge in [-0.05, 0) is 41.0 Å². The molecule has 0 unspecified atom stereocenters. The summed E-state index contributed by atoms with van der Waals surface area (Å²) in [5, 5.41) is 4.83. The summed E-state index contributed by atoms with van der Waals surface area (Å²) in [6.07, 6.45) is 0.368. The molecule has 1 aliphatic heterocycles. The second-order valence-corrected chi connectivity index (χ2v) is 7.65. The average Bonchev–Trinajstić information content (AvgIpc) is 3.17. The number of carbonyl (C=O) groups is 2. The van der Waals surface area contributed by atoms with Crippen molar-refractivity contribution in [2.45, 2.75) is 25.0 Å². The number of carbonyl (C=O) groups excluding carboxylic acids is 2. The van der Waals surface area contributed by atoms with E-state index in [2.05, 4.69) is 5.32 Å². The molecule has 1 saturated heterocycles. The van der Waals surface area contributed by atoms with Crippen molar-refractivity contribution in [2.24, 2.45) is 0 Å². The van der Waals surface area contributed by atoms with Crippen molar-refractivity contribution in [1.29, 1.82) is 0 Å². The highest BCUT2D eigenvalue weighted by Gasteiger charge is 2.38. The average molecular weight is 424 g/mol. The zero-order valence-electron chi connectivity index (χ0n) is 17.0. The molecule has 2 atom stereocenters. The van der Waals surface area contributed by atoms with Crippen molar-refractivity contribution >= 4 is 22.6 Å². The Morgan fingerprint density at radius 2 is 1.84 bits per heavy atom. The van der Waals surface area contributed by atoms with Crippen LogP contribution in [0.25, 0.3) is 10.8 Å². The number of likely N-dealkylation sites (tertiary alicyclic amines) is 1. The number of hydrogen-bond donors (Lipinski definition) is 1. The minimum atomic E-state index is -0.938. The summed E-state index contributed by atoms with van der Waals surface area (Å²) in [4.78, 5) is 27.1. The summed E-state index contributed by atoms with van der Waals surface area (Å²) in [6.45, 7) is 0.618. The Morgan fingerprint density at radius 3 is 2.61 bits per heavy atom. The maximum Gasteiger partial charge on any atom is 0.323 e. The van der Waals surface area contributed by atoms with Crippen LogP contribution in [0.15, 0.2) is 60.7 Å². The lowest BCUT2D eigenvalue weighted by Crippen LogP contribution is -2.37. The Labute approximate surface area is 178 Å². The number of halogens is 2. The van der Waals surface area contributed by atoms with E-state index in [0.29, 0.717) is 24.1 Å². The lowest BCUT2D eigenvalue weighted by molar-refractivity contribution is -0.146. The van der Waals surface area contributed by atoms with Crippen LogP contribution < -0.4 is 5.32 Å². The molecule has 0 aromatic heterocycles. The topological polar surface area (TPSA) is 58.6 Å². The summed E-state index contributed by atoms with van der Waals surface area (Å²) in [6, 6.07) is 16.0. The quantitative estimate of drug-likeness (QED) is 0.635. The first-order valence-corrected chi connectivity index (χ1v) is 10.0.